The molecule has 5 nitrogen and oxygen atoms in total. The fourth-order valence-corrected chi connectivity index (χ4v) is 3.58. The van der Waals surface area contributed by atoms with Gasteiger partial charge in [-0.1, -0.05) is 12.1 Å². The average Bonchev–Trinajstić information content (AvgIpc) is 3.10. The fourth-order valence-electron chi connectivity index (χ4n) is 3.58. The zero-order valence-corrected chi connectivity index (χ0v) is 15.6. The number of likely N-dealkylation sites (tertiary alicyclic amines) is 1. The minimum absolute atomic E-state index is 0.415. The van der Waals surface area contributed by atoms with Crippen LogP contribution in [0.4, 0.5) is 0 Å². The van der Waals surface area contributed by atoms with Gasteiger partial charge in [-0.15, -0.1) is 0 Å². The summed E-state index contributed by atoms with van der Waals surface area (Å²) in [6, 6.07) is 6.55. The summed E-state index contributed by atoms with van der Waals surface area (Å²) in [7, 11) is 0. The number of hydrogen-bond acceptors (Lipinski definition) is 3. The Hall–Kier alpha value is -1.75. The third-order valence-corrected chi connectivity index (χ3v) is 4.89. The number of aliphatic imine (C=N–C) groups is 1. The molecule has 3 rings (SSSR count). The quantitative estimate of drug-likeness (QED) is 0.636. The van der Waals surface area contributed by atoms with Gasteiger partial charge in [0.2, 0.25) is 0 Å². The van der Waals surface area contributed by atoms with E-state index in [9.17, 15) is 0 Å². The lowest BCUT2D eigenvalue weighted by Crippen LogP contribution is -2.47. The third kappa shape index (κ3) is 4.88. The molecular weight excluding hydrogens is 314 g/mol. The van der Waals surface area contributed by atoms with Gasteiger partial charge in [-0.2, -0.15) is 0 Å². The Morgan fingerprint density at radius 1 is 1.32 bits per heavy atom. The molecule has 25 heavy (non-hydrogen) atoms. The number of rotatable bonds is 6. The largest absolute Gasteiger partial charge is 0.493 e. The summed E-state index contributed by atoms with van der Waals surface area (Å²) in [4.78, 5) is 7.23. The lowest BCUT2D eigenvalue weighted by molar-refractivity contribution is 0.0264. The standard InChI is InChI=1S/C20H31N3O2/c1-3-21-20(23-12-8-18(9-13-23)24-4-2)22-11-7-16-5-6-19-17(15-16)10-14-25-19/h5-6,15,18H,3-4,7-14H2,1-2H3,(H,21,22). The molecule has 0 unspecified atom stereocenters. The van der Waals surface area contributed by atoms with Crippen molar-refractivity contribution in [2.24, 2.45) is 4.99 Å². The molecule has 2 aliphatic heterocycles. The van der Waals surface area contributed by atoms with Gasteiger partial charge in [0.15, 0.2) is 5.96 Å². The molecule has 0 radical (unpaired) electrons. The van der Waals surface area contributed by atoms with Gasteiger partial charge in [0.05, 0.1) is 12.7 Å². The average molecular weight is 345 g/mol. The van der Waals surface area contributed by atoms with Gasteiger partial charge in [0, 0.05) is 39.2 Å². The molecule has 1 N–H and O–H groups in total. The number of benzene rings is 1. The summed E-state index contributed by atoms with van der Waals surface area (Å²) >= 11 is 0. The molecular formula is C20H31N3O2. The van der Waals surface area contributed by atoms with Gasteiger partial charge < -0.3 is 19.7 Å². The van der Waals surface area contributed by atoms with E-state index in [-0.39, 0.29) is 0 Å². The SMILES string of the molecule is CCNC(=NCCc1ccc2c(c1)CCO2)N1CCC(OCC)CC1. The van der Waals surface area contributed by atoms with Crippen LogP contribution in [0.25, 0.3) is 0 Å². The number of nitrogens with zero attached hydrogens (tertiary/aromatic N) is 2. The normalized spacial score (nSPS) is 18.2. The molecule has 0 aliphatic carbocycles. The molecule has 5 heteroatoms. The van der Waals surface area contributed by atoms with Gasteiger partial charge in [0.1, 0.15) is 5.75 Å². The van der Waals surface area contributed by atoms with Crippen LogP contribution in [0.15, 0.2) is 23.2 Å². The van der Waals surface area contributed by atoms with E-state index in [1.807, 2.05) is 0 Å². The Morgan fingerprint density at radius 2 is 2.16 bits per heavy atom. The minimum atomic E-state index is 0.415. The van der Waals surface area contributed by atoms with Crippen LogP contribution >= 0.6 is 0 Å². The van der Waals surface area contributed by atoms with Crippen LogP contribution < -0.4 is 10.1 Å². The topological polar surface area (TPSA) is 46.1 Å². The van der Waals surface area contributed by atoms with E-state index >= 15 is 0 Å². The van der Waals surface area contributed by atoms with E-state index in [1.54, 1.807) is 0 Å². The second-order valence-corrected chi connectivity index (χ2v) is 6.67. The zero-order valence-electron chi connectivity index (χ0n) is 15.6. The van der Waals surface area contributed by atoms with Crippen molar-refractivity contribution >= 4 is 5.96 Å². The fraction of sp³-hybridized carbons (Fsp3) is 0.650. The van der Waals surface area contributed by atoms with Crippen LogP contribution in [-0.4, -0.2) is 56.4 Å². The van der Waals surface area contributed by atoms with E-state index in [4.69, 9.17) is 14.5 Å². The first-order valence-electron chi connectivity index (χ1n) is 9.69. The van der Waals surface area contributed by atoms with Gasteiger partial charge in [-0.25, -0.2) is 0 Å². The first-order chi connectivity index (χ1) is 12.3. The van der Waals surface area contributed by atoms with Gasteiger partial charge in [-0.05, 0) is 50.3 Å². The number of ether oxygens (including phenoxy) is 2. The molecule has 2 heterocycles. The summed E-state index contributed by atoms with van der Waals surface area (Å²) in [5.74, 6) is 2.10. The predicted octanol–water partition coefficient (Wildman–Crippen LogP) is 2.63. The summed E-state index contributed by atoms with van der Waals surface area (Å²) < 4.78 is 11.3. The smallest absolute Gasteiger partial charge is 0.193 e. The van der Waals surface area contributed by atoms with E-state index in [1.165, 1.54) is 11.1 Å². The molecule has 1 aromatic carbocycles. The lowest BCUT2D eigenvalue weighted by Gasteiger charge is -2.34. The second kappa shape index (κ2) is 9.09. The van der Waals surface area contributed by atoms with Crippen molar-refractivity contribution < 1.29 is 9.47 Å². The molecule has 138 valence electrons. The summed E-state index contributed by atoms with van der Waals surface area (Å²) in [5.41, 5.74) is 2.69. The predicted molar refractivity (Wildman–Crippen MR) is 102 cm³/mol. The molecule has 1 fully saturated rings. The highest BCUT2D eigenvalue weighted by Crippen LogP contribution is 2.26. The van der Waals surface area contributed by atoms with Crippen LogP contribution in [0.5, 0.6) is 5.75 Å². The van der Waals surface area contributed by atoms with Crippen molar-refractivity contribution in [1.82, 2.24) is 10.2 Å². The Balaban J connectivity index is 1.53. The third-order valence-electron chi connectivity index (χ3n) is 4.89. The van der Waals surface area contributed by atoms with Crippen molar-refractivity contribution in [3.05, 3.63) is 29.3 Å². The lowest BCUT2D eigenvalue weighted by atomic mass is 10.1. The zero-order chi connectivity index (χ0) is 17.5. The van der Waals surface area contributed by atoms with Gasteiger partial charge in [-0.3, -0.25) is 4.99 Å². The maximum atomic E-state index is 5.75. The molecule has 0 aromatic heterocycles. The molecule has 1 saturated heterocycles. The van der Waals surface area contributed by atoms with Crippen molar-refractivity contribution in [2.45, 2.75) is 45.6 Å². The number of fused-ring (bicyclic) bond motifs is 1. The minimum Gasteiger partial charge on any atom is -0.493 e. The Morgan fingerprint density at radius 3 is 2.92 bits per heavy atom. The van der Waals surface area contributed by atoms with Crippen LogP contribution in [0.3, 0.4) is 0 Å². The van der Waals surface area contributed by atoms with E-state index < -0.39 is 0 Å². The van der Waals surface area contributed by atoms with E-state index in [0.717, 1.165) is 76.8 Å². The van der Waals surface area contributed by atoms with Crippen molar-refractivity contribution in [3.8, 4) is 5.75 Å². The maximum absolute atomic E-state index is 5.75. The van der Waals surface area contributed by atoms with Gasteiger partial charge >= 0.3 is 0 Å². The highest BCUT2D eigenvalue weighted by Gasteiger charge is 2.21. The summed E-state index contributed by atoms with van der Waals surface area (Å²) in [6.07, 6.45) is 4.59. The molecule has 0 bridgehead atoms. The van der Waals surface area contributed by atoms with Crippen molar-refractivity contribution in [2.75, 3.05) is 39.4 Å². The van der Waals surface area contributed by atoms with Crippen LogP contribution in [-0.2, 0) is 17.6 Å². The first-order valence-corrected chi connectivity index (χ1v) is 9.69. The van der Waals surface area contributed by atoms with Gasteiger partial charge in [0.25, 0.3) is 0 Å². The number of guanidine groups is 1. The van der Waals surface area contributed by atoms with E-state index in [0.29, 0.717) is 6.10 Å². The van der Waals surface area contributed by atoms with Crippen LogP contribution in [0.2, 0.25) is 0 Å². The number of nitrogens with one attached hydrogen (secondary N) is 1. The molecule has 0 amide bonds. The molecule has 1 aromatic rings. The molecule has 0 saturated carbocycles. The molecule has 0 atom stereocenters. The maximum Gasteiger partial charge on any atom is 0.193 e. The number of piperidine rings is 1. The summed E-state index contributed by atoms with van der Waals surface area (Å²) in [5, 5.41) is 3.44. The monoisotopic (exact) mass is 345 g/mol. The highest BCUT2D eigenvalue weighted by atomic mass is 16.5. The Labute approximate surface area is 151 Å². The molecule has 0 spiro atoms. The van der Waals surface area contributed by atoms with Crippen molar-refractivity contribution in [1.29, 1.82) is 0 Å². The molecule has 2 aliphatic rings. The van der Waals surface area contributed by atoms with E-state index in [2.05, 4.69) is 42.3 Å². The van der Waals surface area contributed by atoms with Crippen molar-refractivity contribution in [3.63, 3.8) is 0 Å². The van der Waals surface area contributed by atoms with Crippen LogP contribution in [0, 0.1) is 0 Å². The van der Waals surface area contributed by atoms with Crippen LogP contribution in [0.1, 0.15) is 37.8 Å². The Bertz CT molecular complexity index is 580. The summed E-state index contributed by atoms with van der Waals surface area (Å²) in [6.45, 7) is 9.59. The Kier molecular flexibility index (Phi) is 6.56. The second-order valence-electron chi connectivity index (χ2n) is 6.67. The first kappa shape index (κ1) is 18.1. The highest BCUT2D eigenvalue weighted by molar-refractivity contribution is 5.80. The number of hydrogen-bond donors (Lipinski definition) is 1.